The third-order valence-electron chi connectivity index (χ3n) is 5.74. The van der Waals surface area contributed by atoms with Gasteiger partial charge in [-0.05, 0) is 47.6 Å². The Morgan fingerprint density at radius 3 is 1.81 bits per heavy atom. The van der Waals surface area contributed by atoms with Crippen LogP contribution in [0.5, 0.6) is 0 Å². The quantitative estimate of drug-likeness (QED) is 0.0559. The first kappa shape index (κ1) is 36.2. The molecule has 0 spiro atoms. The van der Waals surface area contributed by atoms with Crippen molar-refractivity contribution in [1.82, 2.24) is 0 Å². The first-order chi connectivity index (χ1) is 20.4. The maximum Gasteiger partial charge on any atom is 0.416 e. The normalized spacial score (nSPS) is 11.5. The average Bonchev–Trinajstić information content (AvgIpc) is 2.98. The standard InChI is InChI=1S/C30H41F3INO7/c31-30(32,33)25-8-7-9-26(24-25)35-28-11-4-3-10-27(28)29(36)42-23-22-41-21-20-40-19-18-39-17-16-38-15-14-37-13-6-2-1-5-12-34/h3-4,7-11,24,35H,1-2,5-6,12-23H2. The minimum atomic E-state index is -4.47. The average molecular weight is 712 g/mol. The van der Waals surface area contributed by atoms with Crippen LogP contribution >= 0.6 is 22.6 Å². The molecule has 0 heterocycles. The number of alkyl halides is 4. The van der Waals surface area contributed by atoms with Crippen molar-refractivity contribution in [3.63, 3.8) is 0 Å². The largest absolute Gasteiger partial charge is 0.460 e. The van der Waals surface area contributed by atoms with E-state index in [2.05, 4.69) is 27.9 Å². The Hall–Kier alpha value is -1.97. The van der Waals surface area contributed by atoms with Crippen LogP contribution in [0.3, 0.4) is 0 Å². The topological polar surface area (TPSA) is 84.5 Å². The van der Waals surface area contributed by atoms with Crippen molar-refractivity contribution in [3.8, 4) is 0 Å². The highest BCUT2D eigenvalue weighted by atomic mass is 127. The molecule has 0 atom stereocenters. The van der Waals surface area contributed by atoms with Gasteiger partial charge in [0.05, 0.1) is 76.3 Å². The summed E-state index contributed by atoms with van der Waals surface area (Å²) >= 11 is 2.40. The first-order valence-corrected chi connectivity index (χ1v) is 15.6. The number of rotatable bonds is 24. The minimum Gasteiger partial charge on any atom is -0.460 e. The summed E-state index contributed by atoms with van der Waals surface area (Å²) in [5.41, 5.74) is -0.0467. The molecule has 0 aliphatic heterocycles. The number of nitrogens with one attached hydrogen (secondary N) is 1. The molecule has 42 heavy (non-hydrogen) atoms. The molecular weight excluding hydrogens is 670 g/mol. The van der Waals surface area contributed by atoms with E-state index in [-0.39, 0.29) is 24.5 Å². The number of benzene rings is 2. The molecule has 0 radical (unpaired) electrons. The number of hydrogen-bond acceptors (Lipinski definition) is 8. The molecule has 0 saturated heterocycles. The predicted octanol–water partition coefficient (Wildman–Crippen LogP) is 6.68. The molecule has 2 aromatic rings. The van der Waals surface area contributed by atoms with Gasteiger partial charge in [-0.1, -0.05) is 53.6 Å². The van der Waals surface area contributed by atoms with E-state index in [4.69, 9.17) is 28.4 Å². The van der Waals surface area contributed by atoms with E-state index in [1.54, 1.807) is 18.2 Å². The molecule has 12 heteroatoms. The Kier molecular flexibility index (Phi) is 19.5. The Balaban J connectivity index is 1.45. The highest BCUT2D eigenvalue weighted by Gasteiger charge is 2.30. The third-order valence-corrected chi connectivity index (χ3v) is 6.50. The Morgan fingerprint density at radius 1 is 0.667 bits per heavy atom. The smallest absolute Gasteiger partial charge is 0.416 e. The molecule has 8 nitrogen and oxygen atoms in total. The first-order valence-electron chi connectivity index (χ1n) is 14.1. The number of carbonyl (C=O) groups excluding carboxylic acids is 1. The molecule has 2 rings (SSSR count). The minimum absolute atomic E-state index is 0.0174. The summed E-state index contributed by atoms with van der Waals surface area (Å²) < 4.78 is 72.8. The number of anilines is 2. The van der Waals surface area contributed by atoms with Crippen molar-refractivity contribution >= 4 is 39.9 Å². The van der Waals surface area contributed by atoms with Crippen LogP contribution in [-0.4, -0.2) is 83.1 Å². The number of carbonyl (C=O) groups is 1. The number of para-hydroxylation sites is 1. The van der Waals surface area contributed by atoms with Crippen LogP contribution in [0, 0.1) is 0 Å². The van der Waals surface area contributed by atoms with Crippen LogP contribution in [0.2, 0.25) is 0 Å². The van der Waals surface area contributed by atoms with Crippen molar-refractivity contribution in [2.75, 3.05) is 82.4 Å². The fourth-order valence-electron chi connectivity index (χ4n) is 3.60. The highest BCUT2D eigenvalue weighted by molar-refractivity contribution is 14.1. The van der Waals surface area contributed by atoms with Crippen molar-refractivity contribution in [2.24, 2.45) is 0 Å². The molecule has 0 bridgehead atoms. The van der Waals surface area contributed by atoms with Crippen molar-refractivity contribution in [3.05, 3.63) is 59.7 Å². The summed E-state index contributed by atoms with van der Waals surface area (Å²) in [5, 5.41) is 2.86. The van der Waals surface area contributed by atoms with E-state index < -0.39 is 17.7 Å². The monoisotopic (exact) mass is 711 g/mol. The zero-order valence-electron chi connectivity index (χ0n) is 23.8. The lowest BCUT2D eigenvalue weighted by molar-refractivity contribution is -0.137. The second kappa shape index (κ2) is 22.6. The molecule has 0 fully saturated rings. The summed E-state index contributed by atoms with van der Waals surface area (Å²) in [7, 11) is 0. The lowest BCUT2D eigenvalue weighted by Crippen LogP contribution is -2.15. The zero-order chi connectivity index (χ0) is 30.3. The zero-order valence-corrected chi connectivity index (χ0v) is 26.0. The van der Waals surface area contributed by atoms with Gasteiger partial charge in [0, 0.05) is 12.3 Å². The number of ether oxygens (including phenoxy) is 6. The van der Waals surface area contributed by atoms with Gasteiger partial charge in [-0.15, -0.1) is 0 Å². The maximum atomic E-state index is 13.0. The Morgan fingerprint density at radius 2 is 1.21 bits per heavy atom. The lowest BCUT2D eigenvalue weighted by atomic mass is 10.1. The van der Waals surface area contributed by atoms with E-state index in [9.17, 15) is 18.0 Å². The number of esters is 1. The van der Waals surface area contributed by atoms with Gasteiger partial charge in [0.25, 0.3) is 0 Å². The van der Waals surface area contributed by atoms with Crippen LogP contribution < -0.4 is 5.32 Å². The van der Waals surface area contributed by atoms with Crippen molar-refractivity contribution in [2.45, 2.75) is 31.9 Å². The molecule has 0 unspecified atom stereocenters. The van der Waals surface area contributed by atoms with Gasteiger partial charge in [0.2, 0.25) is 0 Å². The summed E-state index contributed by atoms with van der Waals surface area (Å²) in [6.45, 7) is 4.70. The van der Waals surface area contributed by atoms with Gasteiger partial charge in [-0.25, -0.2) is 4.79 Å². The number of halogens is 4. The van der Waals surface area contributed by atoms with Gasteiger partial charge in [-0.2, -0.15) is 13.2 Å². The van der Waals surface area contributed by atoms with Gasteiger partial charge < -0.3 is 33.7 Å². The third kappa shape index (κ3) is 16.6. The molecule has 0 amide bonds. The van der Waals surface area contributed by atoms with Gasteiger partial charge in [0.1, 0.15) is 6.61 Å². The van der Waals surface area contributed by atoms with E-state index in [1.165, 1.54) is 41.9 Å². The molecule has 0 aliphatic carbocycles. The van der Waals surface area contributed by atoms with Crippen LogP contribution in [0.25, 0.3) is 0 Å². The molecule has 2 aromatic carbocycles. The van der Waals surface area contributed by atoms with Gasteiger partial charge in [-0.3, -0.25) is 0 Å². The van der Waals surface area contributed by atoms with E-state index in [0.29, 0.717) is 58.5 Å². The highest BCUT2D eigenvalue weighted by Crippen LogP contribution is 2.32. The Labute approximate surface area is 259 Å². The number of unbranched alkanes of at least 4 members (excludes halogenated alkanes) is 3. The van der Waals surface area contributed by atoms with Gasteiger partial charge >= 0.3 is 12.1 Å². The molecule has 0 saturated carbocycles. The van der Waals surface area contributed by atoms with Crippen molar-refractivity contribution in [1.29, 1.82) is 0 Å². The van der Waals surface area contributed by atoms with E-state index >= 15 is 0 Å². The number of hydrogen-bond donors (Lipinski definition) is 1. The molecule has 236 valence electrons. The van der Waals surface area contributed by atoms with Gasteiger partial charge in [0.15, 0.2) is 0 Å². The summed E-state index contributed by atoms with van der Waals surface area (Å²) in [4.78, 5) is 12.5. The molecular formula is C30H41F3INO7. The predicted molar refractivity (Wildman–Crippen MR) is 163 cm³/mol. The van der Waals surface area contributed by atoms with Crippen LogP contribution in [0.15, 0.2) is 48.5 Å². The fraction of sp³-hybridized carbons (Fsp3) is 0.567. The van der Waals surface area contributed by atoms with E-state index in [0.717, 1.165) is 25.2 Å². The molecule has 1 N–H and O–H groups in total. The Bertz CT molecular complexity index is 997. The summed E-state index contributed by atoms with van der Waals surface area (Å²) in [6, 6.07) is 11.2. The molecule has 0 aliphatic rings. The second-order valence-corrected chi connectivity index (χ2v) is 10.1. The SMILES string of the molecule is O=C(OCCOCCOCCOCCOCCOCCCCCCI)c1ccccc1Nc1cccc(C(F)(F)F)c1. The summed E-state index contributed by atoms with van der Waals surface area (Å²) in [5.74, 6) is -0.615. The maximum absolute atomic E-state index is 13.0. The lowest BCUT2D eigenvalue weighted by Gasteiger charge is -2.13. The summed E-state index contributed by atoms with van der Waals surface area (Å²) in [6.07, 6.45) is 0.396. The fourth-order valence-corrected chi connectivity index (χ4v) is 4.14. The molecule has 0 aromatic heterocycles. The van der Waals surface area contributed by atoms with Crippen LogP contribution in [0.4, 0.5) is 24.5 Å². The second-order valence-electron chi connectivity index (χ2n) is 9.05. The van der Waals surface area contributed by atoms with Crippen LogP contribution in [-0.2, 0) is 34.6 Å². The van der Waals surface area contributed by atoms with Crippen LogP contribution in [0.1, 0.15) is 41.6 Å². The van der Waals surface area contributed by atoms with Crippen molar-refractivity contribution < 1.29 is 46.4 Å². The van der Waals surface area contributed by atoms with E-state index in [1.807, 2.05) is 0 Å².